The van der Waals surface area contributed by atoms with Gasteiger partial charge in [-0.15, -0.1) is 0 Å². The van der Waals surface area contributed by atoms with E-state index in [1.54, 1.807) is 28.9 Å². The van der Waals surface area contributed by atoms with Crippen molar-refractivity contribution in [1.29, 1.82) is 0 Å². The quantitative estimate of drug-likeness (QED) is 0.856. The highest BCUT2D eigenvalue weighted by molar-refractivity contribution is 6.30. The number of hydrogen-bond donors (Lipinski definition) is 1. The van der Waals surface area contributed by atoms with Crippen molar-refractivity contribution in [2.45, 2.75) is 20.0 Å². The van der Waals surface area contributed by atoms with Gasteiger partial charge >= 0.3 is 0 Å². The average molecular weight is 337 g/mol. The van der Waals surface area contributed by atoms with Gasteiger partial charge in [0.05, 0.1) is 0 Å². The van der Waals surface area contributed by atoms with Crippen molar-refractivity contribution in [2.24, 2.45) is 0 Å². The summed E-state index contributed by atoms with van der Waals surface area (Å²) in [5.74, 6) is -0.336. The lowest BCUT2D eigenvalue weighted by Crippen LogP contribution is -2.52. The van der Waals surface area contributed by atoms with Gasteiger partial charge in [0.2, 0.25) is 5.91 Å². The third kappa shape index (κ3) is 4.56. The first-order valence-electron chi connectivity index (χ1n) is 7.58. The first-order valence-corrected chi connectivity index (χ1v) is 7.96. The first kappa shape index (κ1) is 17.5. The third-order valence-electron chi connectivity index (χ3n) is 3.81. The van der Waals surface area contributed by atoms with Crippen molar-refractivity contribution in [2.75, 3.05) is 26.2 Å². The summed E-state index contributed by atoms with van der Waals surface area (Å²) in [6.07, 6.45) is 0.809. The number of piperazine rings is 1. The summed E-state index contributed by atoms with van der Waals surface area (Å²) in [5, 5.41) is 9.96. The Kier molecular flexibility index (Phi) is 5.80. The molecule has 0 spiro atoms. The molecule has 0 aromatic heterocycles. The van der Waals surface area contributed by atoms with Crippen molar-refractivity contribution in [1.82, 2.24) is 9.80 Å². The first-order chi connectivity index (χ1) is 10.9. The number of rotatable bonds is 3. The molecular formula is C17H21ClN2O3. The van der Waals surface area contributed by atoms with E-state index in [1.807, 2.05) is 18.2 Å². The molecule has 6 heteroatoms. The molecule has 0 bridgehead atoms. The predicted molar refractivity (Wildman–Crippen MR) is 89.9 cm³/mol. The molecule has 1 aliphatic rings. The number of carbonyl (C=O) groups is 2. The van der Waals surface area contributed by atoms with Crippen LogP contribution in [0.3, 0.4) is 0 Å². The SMILES string of the molecule is C/C(=C\c1cccc(Cl)c1)C(=O)N1CCN(C(=O)C(C)O)CC1. The fourth-order valence-corrected chi connectivity index (χ4v) is 2.75. The molecule has 1 saturated heterocycles. The van der Waals surface area contributed by atoms with Gasteiger partial charge in [-0.05, 0) is 37.6 Å². The van der Waals surface area contributed by atoms with Crippen LogP contribution in [0.15, 0.2) is 29.8 Å². The molecule has 0 radical (unpaired) electrons. The second kappa shape index (κ2) is 7.62. The van der Waals surface area contributed by atoms with Crippen LogP contribution in [-0.2, 0) is 9.59 Å². The van der Waals surface area contributed by atoms with Crippen molar-refractivity contribution in [3.63, 3.8) is 0 Å². The van der Waals surface area contributed by atoms with Crippen LogP contribution in [0.2, 0.25) is 5.02 Å². The summed E-state index contributed by atoms with van der Waals surface area (Å²) >= 11 is 5.95. The number of halogens is 1. The van der Waals surface area contributed by atoms with Gasteiger partial charge in [0.15, 0.2) is 0 Å². The van der Waals surface area contributed by atoms with Crippen LogP contribution in [-0.4, -0.2) is 59.0 Å². The minimum Gasteiger partial charge on any atom is -0.384 e. The number of carbonyl (C=O) groups excluding carboxylic acids is 2. The summed E-state index contributed by atoms with van der Waals surface area (Å²) in [6, 6.07) is 7.32. The molecule has 2 amide bonds. The molecule has 1 N–H and O–H groups in total. The lowest BCUT2D eigenvalue weighted by atomic mass is 10.1. The van der Waals surface area contributed by atoms with Crippen molar-refractivity contribution in [3.05, 3.63) is 40.4 Å². The van der Waals surface area contributed by atoms with Gasteiger partial charge in [-0.25, -0.2) is 0 Å². The van der Waals surface area contributed by atoms with Crippen LogP contribution >= 0.6 is 11.6 Å². The third-order valence-corrected chi connectivity index (χ3v) is 4.04. The zero-order chi connectivity index (χ0) is 17.0. The van der Waals surface area contributed by atoms with E-state index < -0.39 is 6.10 Å². The number of hydrogen-bond acceptors (Lipinski definition) is 3. The molecule has 1 aromatic rings. The number of aliphatic hydroxyl groups is 1. The standard InChI is InChI=1S/C17H21ClN2O3/c1-12(10-14-4-3-5-15(18)11-14)16(22)19-6-8-20(9-7-19)17(23)13(2)21/h3-5,10-11,13,21H,6-9H2,1-2H3/b12-10+. The molecule has 1 aliphatic heterocycles. The Morgan fingerprint density at radius 3 is 2.39 bits per heavy atom. The molecule has 1 aromatic carbocycles. The fraction of sp³-hybridized carbons (Fsp3) is 0.412. The van der Waals surface area contributed by atoms with Crippen molar-refractivity contribution in [3.8, 4) is 0 Å². The summed E-state index contributed by atoms with van der Waals surface area (Å²) in [5.41, 5.74) is 1.51. The summed E-state index contributed by atoms with van der Waals surface area (Å²) in [4.78, 5) is 27.5. The molecule has 23 heavy (non-hydrogen) atoms. The maximum Gasteiger partial charge on any atom is 0.251 e. The van der Waals surface area contributed by atoms with Gasteiger partial charge < -0.3 is 14.9 Å². The topological polar surface area (TPSA) is 60.9 Å². The molecule has 0 saturated carbocycles. The zero-order valence-corrected chi connectivity index (χ0v) is 14.1. The molecule has 1 heterocycles. The maximum absolute atomic E-state index is 12.5. The van der Waals surface area contributed by atoms with E-state index in [9.17, 15) is 14.7 Å². The Hall–Kier alpha value is -1.85. The molecule has 1 unspecified atom stereocenters. The van der Waals surface area contributed by atoms with E-state index in [0.717, 1.165) is 5.56 Å². The Balaban J connectivity index is 1.98. The Morgan fingerprint density at radius 1 is 1.22 bits per heavy atom. The van der Waals surface area contributed by atoms with Gasteiger partial charge in [-0.1, -0.05) is 23.7 Å². The van der Waals surface area contributed by atoms with Crippen LogP contribution in [0, 0.1) is 0 Å². The van der Waals surface area contributed by atoms with Crippen molar-refractivity contribution < 1.29 is 14.7 Å². The average Bonchev–Trinajstić information content (AvgIpc) is 2.53. The fourth-order valence-electron chi connectivity index (χ4n) is 2.55. The molecular weight excluding hydrogens is 316 g/mol. The summed E-state index contributed by atoms with van der Waals surface area (Å²) < 4.78 is 0. The van der Waals surface area contributed by atoms with Crippen LogP contribution in [0.4, 0.5) is 0 Å². The summed E-state index contributed by atoms with van der Waals surface area (Å²) in [6.45, 7) is 5.06. The largest absolute Gasteiger partial charge is 0.384 e. The van der Waals surface area contributed by atoms with E-state index in [2.05, 4.69) is 0 Å². The Bertz CT molecular complexity index is 620. The summed E-state index contributed by atoms with van der Waals surface area (Å²) in [7, 11) is 0. The van der Waals surface area contributed by atoms with Crippen LogP contribution in [0.1, 0.15) is 19.4 Å². The van der Waals surface area contributed by atoms with Gasteiger partial charge in [0.25, 0.3) is 5.91 Å². The molecule has 1 atom stereocenters. The Labute approximate surface area is 141 Å². The van der Waals surface area contributed by atoms with Gasteiger partial charge in [0, 0.05) is 36.8 Å². The highest BCUT2D eigenvalue weighted by Crippen LogP contribution is 2.15. The highest BCUT2D eigenvalue weighted by atomic mass is 35.5. The zero-order valence-electron chi connectivity index (χ0n) is 13.3. The van der Waals surface area contributed by atoms with Gasteiger partial charge in [0.1, 0.15) is 6.10 Å². The lowest BCUT2D eigenvalue weighted by molar-refractivity contribution is -0.143. The van der Waals surface area contributed by atoms with Gasteiger partial charge in [-0.3, -0.25) is 9.59 Å². The van der Waals surface area contributed by atoms with Crippen LogP contribution in [0.25, 0.3) is 6.08 Å². The van der Waals surface area contributed by atoms with Crippen LogP contribution < -0.4 is 0 Å². The van der Waals surface area contributed by atoms with Crippen molar-refractivity contribution >= 4 is 29.5 Å². The lowest BCUT2D eigenvalue weighted by Gasteiger charge is -2.35. The number of aliphatic hydroxyl groups excluding tert-OH is 1. The normalized spacial score (nSPS) is 17.1. The number of amides is 2. The minimum absolute atomic E-state index is 0.0471. The maximum atomic E-state index is 12.5. The van der Waals surface area contributed by atoms with E-state index in [0.29, 0.717) is 36.8 Å². The molecule has 2 rings (SSSR count). The number of benzene rings is 1. The highest BCUT2D eigenvalue weighted by Gasteiger charge is 2.26. The Morgan fingerprint density at radius 2 is 1.83 bits per heavy atom. The van der Waals surface area contributed by atoms with E-state index in [-0.39, 0.29) is 11.8 Å². The van der Waals surface area contributed by atoms with E-state index in [4.69, 9.17) is 11.6 Å². The minimum atomic E-state index is -0.998. The van der Waals surface area contributed by atoms with E-state index >= 15 is 0 Å². The second-order valence-corrected chi connectivity index (χ2v) is 6.11. The molecule has 5 nitrogen and oxygen atoms in total. The number of nitrogens with zero attached hydrogens (tertiary/aromatic N) is 2. The van der Waals surface area contributed by atoms with Gasteiger partial charge in [-0.2, -0.15) is 0 Å². The second-order valence-electron chi connectivity index (χ2n) is 5.68. The molecule has 0 aliphatic carbocycles. The van der Waals surface area contributed by atoms with E-state index in [1.165, 1.54) is 6.92 Å². The predicted octanol–water partition coefficient (Wildman–Crippen LogP) is 1.79. The molecule has 124 valence electrons. The smallest absolute Gasteiger partial charge is 0.251 e. The van der Waals surface area contributed by atoms with Crippen LogP contribution in [0.5, 0.6) is 0 Å². The monoisotopic (exact) mass is 336 g/mol. The molecule has 1 fully saturated rings.